The normalized spacial score (nSPS) is 21.3. The van der Waals surface area contributed by atoms with Gasteiger partial charge >= 0.3 is 0 Å². The summed E-state index contributed by atoms with van der Waals surface area (Å²) in [5.74, 6) is 0.609. The van der Waals surface area contributed by atoms with E-state index in [0.717, 1.165) is 76.2 Å². The van der Waals surface area contributed by atoms with Crippen LogP contribution in [0.5, 0.6) is 0 Å². The molecule has 0 bridgehead atoms. The monoisotopic (exact) mass is 394 g/mol. The first-order valence-electron chi connectivity index (χ1n) is 10.8. The number of fused-ring (bicyclic) bond motifs is 2. The number of allylic oxidation sites excluding steroid dienone is 1. The third-order valence-electron chi connectivity index (χ3n) is 6.90. The topological polar surface area (TPSA) is 70.1 Å². The first-order valence-corrected chi connectivity index (χ1v) is 10.8. The van der Waals surface area contributed by atoms with Gasteiger partial charge in [0, 0.05) is 56.0 Å². The Hall–Kier alpha value is -2.41. The van der Waals surface area contributed by atoms with Crippen molar-refractivity contribution in [3.8, 4) is 0 Å². The van der Waals surface area contributed by atoms with E-state index in [9.17, 15) is 4.79 Å². The number of amides is 1. The molecule has 1 spiro atoms. The van der Waals surface area contributed by atoms with Crippen molar-refractivity contribution in [1.82, 2.24) is 29.5 Å². The summed E-state index contributed by atoms with van der Waals surface area (Å²) in [6.07, 6.45) is 10.7. The van der Waals surface area contributed by atoms with E-state index in [-0.39, 0.29) is 11.5 Å². The van der Waals surface area contributed by atoms with Crippen LogP contribution in [-0.4, -0.2) is 55.1 Å². The highest BCUT2D eigenvalue weighted by Gasteiger charge is 2.50. The lowest BCUT2D eigenvalue weighted by Gasteiger charge is -2.50. The lowest BCUT2D eigenvalue weighted by Crippen LogP contribution is -2.58. The minimum Gasteiger partial charge on any atom is -0.348 e. The Kier molecular flexibility index (Phi) is 4.57. The van der Waals surface area contributed by atoms with Gasteiger partial charge in [-0.15, -0.1) is 6.58 Å². The molecule has 5 rings (SSSR count). The zero-order valence-corrected chi connectivity index (χ0v) is 17.2. The quantitative estimate of drug-likeness (QED) is 0.791. The largest absolute Gasteiger partial charge is 0.348 e. The Labute approximate surface area is 171 Å². The predicted molar refractivity (Wildman–Crippen MR) is 110 cm³/mol. The van der Waals surface area contributed by atoms with E-state index >= 15 is 0 Å². The molecule has 2 fully saturated rings. The van der Waals surface area contributed by atoms with E-state index in [2.05, 4.69) is 39.6 Å². The molecule has 1 aliphatic carbocycles. The van der Waals surface area contributed by atoms with Crippen LogP contribution in [0, 0.1) is 12.8 Å². The van der Waals surface area contributed by atoms with Gasteiger partial charge in [0.15, 0.2) is 0 Å². The van der Waals surface area contributed by atoms with Crippen LogP contribution in [0.1, 0.15) is 48.3 Å². The van der Waals surface area contributed by atoms with Crippen molar-refractivity contribution in [2.75, 3.05) is 19.6 Å². The van der Waals surface area contributed by atoms with E-state index in [1.165, 1.54) is 11.3 Å². The molecule has 1 saturated heterocycles. The van der Waals surface area contributed by atoms with Crippen molar-refractivity contribution >= 4 is 5.91 Å². The average Bonchev–Trinajstić information content (AvgIpc) is 3.36. The third-order valence-corrected chi connectivity index (χ3v) is 6.90. The first-order chi connectivity index (χ1) is 14.1. The van der Waals surface area contributed by atoms with Gasteiger partial charge < -0.3 is 9.88 Å². The summed E-state index contributed by atoms with van der Waals surface area (Å²) in [6, 6.07) is 0. The van der Waals surface area contributed by atoms with Crippen molar-refractivity contribution in [2.24, 2.45) is 5.92 Å². The van der Waals surface area contributed by atoms with Crippen molar-refractivity contribution in [1.29, 1.82) is 0 Å². The van der Waals surface area contributed by atoms with Gasteiger partial charge in [0.25, 0.3) is 0 Å². The number of aryl methyl sites for hydroxylation is 1. The van der Waals surface area contributed by atoms with Crippen LogP contribution in [0.3, 0.4) is 0 Å². The molecule has 29 heavy (non-hydrogen) atoms. The second-order valence-corrected chi connectivity index (χ2v) is 8.80. The van der Waals surface area contributed by atoms with Crippen LogP contribution in [0.4, 0.5) is 0 Å². The standard InChI is InChI=1S/C22H30N6O/c1-3-9-27-14-18(16(2)25-27)13-26-11-7-22(8-12-26)20-19(23-15-24-20)6-10-28(22)21(29)17-4-5-17/h3,14-15,17H,1,4-13H2,2H3,(H,23,24). The molecular weight excluding hydrogens is 364 g/mol. The van der Waals surface area contributed by atoms with Gasteiger partial charge in [0.05, 0.1) is 29.8 Å². The minimum atomic E-state index is -0.230. The Morgan fingerprint density at radius 3 is 2.86 bits per heavy atom. The van der Waals surface area contributed by atoms with Crippen molar-refractivity contribution in [3.05, 3.63) is 47.8 Å². The summed E-state index contributed by atoms with van der Waals surface area (Å²) in [5.41, 5.74) is 4.47. The van der Waals surface area contributed by atoms with Crippen molar-refractivity contribution in [2.45, 2.75) is 57.7 Å². The maximum absolute atomic E-state index is 13.1. The molecule has 0 atom stereocenters. The van der Waals surface area contributed by atoms with E-state index in [1.54, 1.807) is 6.33 Å². The molecule has 0 radical (unpaired) electrons. The summed E-state index contributed by atoms with van der Waals surface area (Å²) in [4.78, 5) is 25.8. The highest BCUT2D eigenvalue weighted by Crippen LogP contribution is 2.45. The average molecular weight is 395 g/mol. The van der Waals surface area contributed by atoms with Crippen molar-refractivity contribution in [3.63, 3.8) is 0 Å². The second kappa shape index (κ2) is 7.13. The maximum atomic E-state index is 13.1. The predicted octanol–water partition coefficient (Wildman–Crippen LogP) is 2.39. The van der Waals surface area contributed by atoms with Gasteiger partial charge in [0.2, 0.25) is 5.91 Å². The Morgan fingerprint density at radius 1 is 1.34 bits per heavy atom. The number of hydrogen-bond acceptors (Lipinski definition) is 4. The van der Waals surface area contributed by atoms with Gasteiger partial charge in [-0.3, -0.25) is 14.4 Å². The first kappa shape index (κ1) is 18.6. The van der Waals surface area contributed by atoms with Crippen LogP contribution in [-0.2, 0) is 29.8 Å². The van der Waals surface area contributed by atoms with E-state index in [0.29, 0.717) is 5.91 Å². The number of piperidine rings is 1. The number of imidazole rings is 1. The molecule has 2 aliphatic heterocycles. The molecule has 4 heterocycles. The van der Waals surface area contributed by atoms with Gasteiger partial charge in [-0.2, -0.15) is 5.10 Å². The Balaban J connectivity index is 1.34. The van der Waals surface area contributed by atoms with Crippen LogP contribution >= 0.6 is 0 Å². The number of rotatable bonds is 5. The van der Waals surface area contributed by atoms with E-state index in [1.807, 2.05) is 10.8 Å². The van der Waals surface area contributed by atoms with E-state index in [4.69, 9.17) is 4.98 Å². The van der Waals surface area contributed by atoms with Crippen LogP contribution in [0.25, 0.3) is 0 Å². The van der Waals surface area contributed by atoms with Gasteiger partial charge in [-0.25, -0.2) is 4.98 Å². The number of nitrogens with zero attached hydrogens (tertiary/aromatic N) is 5. The zero-order chi connectivity index (χ0) is 20.0. The number of aromatic nitrogens is 4. The smallest absolute Gasteiger partial charge is 0.226 e. The summed E-state index contributed by atoms with van der Waals surface area (Å²) in [5, 5.41) is 4.59. The molecular formula is C22H30N6O. The Bertz CT molecular complexity index is 916. The lowest BCUT2D eigenvalue weighted by atomic mass is 9.78. The molecule has 2 aromatic rings. The van der Waals surface area contributed by atoms with Crippen molar-refractivity contribution < 1.29 is 4.79 Å². The number of carbonyl (C=O) groups excluding carboxylic acids is 1. The van der Waals surface area contributed by atoms with Gasteiger partial charge in [0.1, 0.15) is 0 Å². The molecule has 7 heteroatoms. The highest BCUT2D eigenvalue weighted by molar-refractivity contribution is 5.82. The molecule has 1 saturated carbocycles. The molecule has 0 unspecified atom stereocenters. The molecule has 7 nitrogen and oxygen atoms in total. The molecule has 154 valence electrons. The fraction of sp³-hybridized carbons (Fsp3) is 0.591. The highest BCUT2D eigenvalue weighted by atomic mass is 16.2. The molecule has 3 aliphatic rings. The molecule has 0 aromatic carbocycles. The minimum absolute atomic E-state index is 0.230. The van der Waals surface area contributed by atoms with Gasteiger partial charge in [-0.1, -0.05) is 6.08 Å². The number of carbonyl (C=O) groups is 1. The summed E-state index contributed by atoms with van der Waals surface area (Å²) < 4.78 is 1.95. The summed E-state index contributed by atoms with van der Waals surface area (Å²) >= 11 is 0. The molecule has 2 aromatic heterocycles. The summed E-state index contributed by atoms with van der Waals surface area (Å²) in [6.45, 7) is 10.3. The van der Waals surface area contributed by atoms with Gasteiger partial charge in [-0.05, 0) is 32.6 Å². The fourth-order valence-corrected chi connectivity index (χ4v) is 5.12. The van der Waals surface area contributed by atoms with Crippen LogP contribution in [0.2, 0.25) is 0 Å². The second-order valence-electron chi connectivity index (χ2n) is 8.80. The maximum Gasteiger partial charge on any atom is 0.226 e. The lowest BCUT2D eigenvalue weighted by molar-refractivity contribution is -0.143. The number of H-pyrrole nitrogens is 1. The fourth-order valence-electron chi connectivity index (χ4n) is 5.12. The summed E-state index contributed by atoms with van der Waals surface area (Å²) in [7, 11) is 0. The Morgan fingerprint density at radius 2 is 2.14 bits per heavy atom. The third kappa shape index (κ3) is 3.21. The van der Waals surface area contributed by atoms with E-state index < -0.39 is 0 Å². The molecule has 1 N–H and O–H groups in total. The zero-order valence-electron chi connectivity index (χ0n) is 17.2. The number of hydrogen-bond donors (Lipinski definition) is 1. The van der Waals surface area contributed by atoms with Crippen LogP contribution < -0.4 is 0 Å². The SMILES string of the molecule is C=CCn1cc(CN2CCC3(CC2)c2nc[nH]c2CCN3C(=O)C2CC2)c(C)n1. The molecule has 1 amide bonds. The number of likely N-dealkylation sites (tertiary alicyclic amines) is 1. The number of nitrogens with one attached hydrogen (secondary N) is 1. The van der Waals surface area contributed by atoms with Crippen LogP contribution in [0.15, 0.2) is 25.2 Å². The number of aromatic amines is 1.